The molecule has 150 valence electrons. The predicted octanol–water partition coefficient (Wildman–Crippen LogP) is 2.00. The van der Waals surface area contributed by atoms with Gasteiger partial charge in [-0.25, -0.2) is 4.79 Å². The van der Waals surface area contributed by atoms with Crippen LogP contribution in [0.15, 0.2) is 24.3 Å². The topological polar surface area (TPSA) is 135 Å². The van der Waals surface area contributed by atoms with Crippen LogP contribution in [0.25, 0.3) is 6.08 Å². The standard InChI is InChI=1S/C15H13F4N5O4/c16-12(17)27-8-3-1-7(9(5-8)28-13(18)19)2-4-11(25)26-6-10-22-14(20)24-15(21)23-10/h1-5,12-13H,6H2,(H4,20,21,22,23,24)/b4-2+. The van der Waals surface area contributed by atoms with Crippen LogP contribution in [0.3, 0.4) is 0 Å². The number of carbonyl (C=O) groups is 1. The normalized spacial score (nSPS) is 11.2. The van der Waals surface area contributed by atoms with Crippen molar-refractivity contribution in [1.29, 1.82) is 0 Å². The summed E-state index contributed by atoms with van der Waals surface area (Å²) in [6.45, 7) is -6.74. The third-order valence-corrected chi connectivity index (χ3v) is 2.89. The van der Waals surface area contributed by atoms with Crippen LogP contribution in [0.5, 0.6) is 11.5 Å². The van der Waals surface area contributed by atoms with E-state index in [1.54, 1.807) is 0 Å². The number of rotatable bonds is 8. The maximum atomic E-state index is 12.5. The van der Waals surface area contributed by atoms with E-state index in [0.29, 0.717) is 0 Å². The molecule has 28 heavy (non-hydrogen) atoms. The van der Waals surface area contributed by atoms with E-state index in [2.05, 4.69) is 24.4 Å². The molecule has 0 atom stereocenters. The van der Waals surface area contributed by atoms with Crippen LogP contribution in [0.4, 0.5) is 29.5 Å². The smallest absolute Gasteiger partial charge is 0.387 e. The van der Waals surface area contributed by atoms with Crippen molar-refractivity contribution < 1.29 is 36.6 Å². The first-order valence-electron chi connectivity index (χ1n) is 7.37. The van der Waals surface area contributed by atoms with Crippen LogP contribution in [-0.4, -0.2) is 34.1 Å². The van der Waals surface area contributed by atoms with E-state index in [9.17, 15) is 22.4 Å². The first-order chi connectivity index (χ1) is 13.2. The Hall–Kier alpha value is -3.64. The van der Waals surface area contributed by atoms with E-state index in [1.807, 2.05) is 0 Å². The lowest BCUT2D eigenvalue weighted by Gasteiger charge is -2.11. The Bertz CT molecular complexity index is 846. The van der Waals surface area contributed by atoms with Crippen LogP contribution >= 0.6 is 0 Å². The Kier molecular flexibility index (Phi) is 6.90. The molecule has 0 amide bonds. The van der Waals surface area contributed by atoms with Gasteiger partial charge in [0, 0.05) is 17.7 Å². The highest BCUT2D eigenvalue weighted by atomic mass is 19.3. The van der Waals surface area contributed by atoms with Crippen molar-refractivity contribution >= 4 is 23.9 Å². The molecule has 4 N–H and O–H groups in total. The predicted molar refractivity (Wildman–Crippen MR) is 87.2 cm³/mol. The Morgan fingerprint density at radius 1 is 1.04 bits per heavy atom. The zero-order valence-electron chi connectivity index (χ0n) is 13.9. The van der Waals surface area contributed by atoms with Crippen molar-refractivity contribution in [2.75, 3.05) is 11.5 Å². The number of alkyl halides is 4. The molecule has 0 saturated heterocycles. The minimum absolute atomic E-state index is 0.00183. The summed E-state index contributed by atoms with van der Waals surface area (Å²) < 4.78 is 62.7. The van der Waals surface area contributed by atoms with Crippen molar-refractivity contribution in [3.05, 3.63) is 35.7 Å². The summed E-state index contributed by atoms with van der Waals surface area (Å²) in [4.78, 5) is 22.7. The van der Waals surface area contributed by atoms with Crippen molar-refractivity contribution in [3.8, 4) is 11.5 Å². The average Bonchev–Trinajstić information content (AvgIpc) is 2.57. The van der Waals surface area contributed by atoms with Crippen LogP contribution < -0.4 is 20.9 Å². The SMILES string of the molecule is Nc1nc(N)nc(COC(=O)/C=C/c2ccc(OC(F)F)cc2OC(F)F)n1. The number of benzene rings is 1. The van der Waals surface area contributed by atoms with Crippen molar-refractivity contribution in [1.82, 2.24) is 15.0 Å². The quantitative estimate of drug-likeness (QED) is 0.385. The second-order valence-electron chi connectivity index (χ2n) is 4.87. The number of nitrogen functional groups attached to an aromatic ring is 2. The van der Waals surface area contributed by atoms with Crippen molar-refractivity contribution in [3.63, 3.8) is 0 Å². The first kappa shape index (κ1) is 20.7. The highest BCUT2D eigenvalue weighted by Crippen LogP contribution is 2.28. The number of hydrogen-bond donors (Lipinski definition) is 2. The van der Waals surface area contributed by atoms with Gasteiger partial charge < -0.3 is 25.7 Å². The molecule has 1 heterocycles. The maximum absolute atomic E-state index is 12.5. The van der Waals surface area contributed by atoms with Gasteiger partial charge in [0.25, 0.3) is 0 Å². The molecule has 2 aromatic rings. The first-order valence-corrected chi connectivity index (χ1v) is 7.37. The van der Waals surface area contributed by atoms with E-state index in [0.717, 1.165) is 30.4 Å². The molecule has 13 heteroatoms. The van der Waals surface area contributed by atoms with Gasteiger partial charge in [0.15, 0.2) is 12.4 Å². The number of anilines is 2. The fourth-order valence-electron chi connectivity index (χ4n) is 1.89. The van der Waals surface area contributed by atoms with E-state index in [-0.39, 0.29) is 29.9 Å². The van der Waals surface area contributed by atoms with E-state index in [1.165, 1.54) is 0 Å². The number of carbonyl (C=O) groups excluding carboxylic acids is 1. The summed E-state index contributed by atoms with van der Waals surface area (Å²) in [5.41, 5.74) is 10.7. The van der Waals surface area contributed by atoms with Gasteiger partial charge in [-0.05, 0) is 18.2 Å². The van der Waals surface area contributed by atoms with Gasteiger partial charge in [-0.1, -0.05) is 0 Å². The van der Waals surface area contributed by atoms with Crippen molar-refractivity contribution in [2.45, 2.75) is 19.8 Å². The maximum Gasteiger partial charge on any atom is 0.387 e. The number of nitrogens with zero attached hydrogens (tertiary/aromatic N) is 3. The van der Waals surface area contributed by atoms with Crippen molar-refractivity contribution in [2.24, 2.45) is 0 Å². The largest absolute Gasteiger partial charge is 0.454 e. The highest BCUT2D eigenvalue weighted by molar-refractivity contribution is 5.87. The summed E-state index contributed by atoms with van der Waals surface area (Å²) >= 11 is 0. The second kappa shape index (κ2) is 9.34. The average molecular weight is 403 g/mol. The molecule has 0 saturated carbocycles. The monoisotopic (exact) mass is 403 g/mol. The van der Waals surface area contributed by atoms with E-state index < -0.39 is 30.7 Å². The summed E-state index contributed by atoms with van der Waals surface area (Å²) in [7, 11) is 0. The Morgan fingerprint density at radius 2 is 1.68 bits per heavy atom. The molecule has 1 aromatic carbocycles. The molecule has 2 rings (SSSR count). The lowest BCUT2D eigenvalue weighted by Crippen LogP contribution is -2.09. The molecule has 0 radical (unpaired) electrons. The third kappa shape index (κ3) is 6.59. The van der Waals surface area contributed by atoms with Crippen LogP contribution in [0, 0.1) is 0 Å². The summed E-state index contributed by atoms with van der Waals surface area (Å²) in [6.07, 6.45) is 1.98. The lowest BCUT2D eigenvalue weighted by atomic mass is 10.1. The minimum Gasteiger partial charge on any atom is -0.454 e. The Balaban J connectivity index is 2.07. The highest BCUT2D eigenvalue weighted by Gasteiger charge is 2.13. The summed E-state index contributed by atoms with van der Waals surface area (Å²) in [5.74, 6) is -2.07. The number of hydrogen-bond acceptors (Lipinski definition) is 9. The van der Waals surface area contributed by atoms with Gasteiger partial charge in [0.05, 0.1) is 0 Å². The Morgan fingerprint density at radius 3 is 2.29 bits per heavy atom. The zero-order chi connectivity index (χ0) is 20.7. The number of esters is 1. The van der Waals surface area contributed by atoms with Crippen LogP contribution in [0.2, 0.25) is 0 Å². The molecule has 0 aliphatic heterocycles. The fourth-order valence-corrected chi connectivity index (χ4v) is 1.89. The lowest BCUT2D eigenvalue weighted by molar-refractivity contribution is -0.139. The summed E-state index contributed by atoms with van der Waals surface area (Å²) in [6, 6.07) is 3.07. The zero-order valence-corrected chi connectivity index (χ0v) is 13.9. The molecular formula is C15H13F4N5O4. The molecular weight excluding hydrogens is 390 g/mol. The van der Waals surface area contributed by atoms with Gasteiger partial charge in [-0.3, -0.25) is 0 Å². The van der Waals surface area contributed by atoms with E-state index >= 15 is 0 Å². The summed E-state index contributed by atoms with van der Waals surface area (Å²) in [5, 5.41) is 0. The molecule has 1 aromatic heterocycles. The van der Waals surface area contributed by atoms with Crippen LogP contribution in [0.1, 0.15) is 11.4 Å². The van der Waals surface area contributed by atoms with Gasteiger partial charge in [0.1, 0.15) is 11.5 Å². The third-order valence-electron chi connectivity index (χ3n) is 2.89. The second-order valence-corrected chi connectivity index (χ2v) is 4.87. The Labute approximate surface area is 154 Å². The number of nitrogens with two attached hydrogens (primary N) is 2. The molecule has 0 unspecified atom stereocenters. The molecule has 9 nitrogen and oxygen atoms in total. The molecule has 0 fully saturated rings. The molecule has 0 aliphatic carbocycles. The van der Waals surface area contributed by atoms with Crippen LogP contribution in [-0.2, 0) is 16.1 Å². The van der Waals surface area contributed by atoms with Gasteiger partial charge in [-0.15, -0.1) is 0 Å². The molecule has 0 spiro atoms. The molecule has 0 aliphatic rings. The fraction of sp³-hybridized carbons (Fsp3) is 0.200. The van der Waals surface area contributed by atoms with Gasteiger partial charge >= 0.3 is 19.2 Å². The number of halogens is 4. The molecule has 0 bridgehead atoms. The number of ether oxygens (including phenoxy) is 3. The number of aromatic nitrogens is 3. The van der Waals surface area contributed by atoms with E-state index in [4.69, 9.17) is 16.2 Å². The minimum atomic E-state index is -3.22. The van der Waals surface area contributed by atoms with Gasteiger partial charge in [-0.2, -0.15) is 32.5 Å². The van der Waals surface area contributed by atoms with Gasteiger partial charge in [0.2, 0.25) is 11.9 Å².